The molecule has 4 aromatic rings. The summed E-state index contributed by atoms with van der Waals surface area (Å²) in [6, 6.07) is 12.8. The van der Waals surface area contributed by atoms with Gasteiger partial charge >= 0.3 is 0 Å². The van der Waals surface area contributed by atoms with Gasteiger partial charge in [-0.15, -0.1) is 0 Å². The van der Waals surface area contributed by atoms with Crippen molar-refractivity contribution >= 4 is 17.6 Å². The van der Waals surface area contributed by atoms with Crippen molar-refractivity contribution in [3.05, 3.63) is 48.7 Å². The lowest BCUT2D eigenvalue weighted by Gasteiger charge is -2.21. The van der Waals surface area contributed by atoms with Crippen LogP contribution in [0.5, 0.6) is 0 Å². The quantitative estimate of drug-likeness (QED) is 0.520. The molecule has 136 valence electrons. The summed E-state index contributed by atoms with van der Waals surface area (Å²) in [7, 11) is 0. The minimum Gasteiger partial charge on any atom is -0.459 e. The maximum Gasteiger partial charge on any atom is 0.294 e. The van der Waals surface area contributed by atoms with Crippen LogP contribution in [-0.2, 0) is 0 Å². The molecule has 0 amide bonds. The molecule has 0 aliphatic heterocycles. The standard InChI is InChI=1S/C17H15N7O3/c18-16-20-13(14-19-15(27-23-14)12-7-4-10-26-12)21-17(22-16)24(8-9-25)11-5-2-1-3-6-11/h1-7,10,25H,8-9H2,(H2,18,20,21,22). The summed E-state index contributed by atoms with van der Waals surface area (Å²) in [5.41, 5.74) is 6.65. The molecule has 0 radical (unpaired) electrons. The van der Waals surface area contributed by atoms with Crippen LogP contribution < -0.4 is 10.6 Å². The highest BCUT2D eigenvalue weighted by atomic mass is 16.5. The van der Waals surface area contributed by atoms with Gasteiger partial charge in [0.05, 0.1) is 12.9 Å². The minimum absolute atomic E-state index is 0.00165. The first-order valence-electron chi connectivity index (χ1n) is 8.07. The molecule has 0 saturated carbocycles. The van der Waals surface area contributed by atoms with E-state index in [1.807, 2.05) is 30.3 Å². The summed E-state index contributed by atoms with van der Waals surface area (Å²) in [6.07, 6.45) is 1.50. The summed E-state index contributed by atoms with van der Waals surface area (Å²) in [5.74, 6) is 1.19. The molecular formula is C17H15N7O3. The molecule has 0 atom stereocenters. The highest BCUT2D eigenvalue weighted by molar-refractivity contribution is 5.60. The number of rotatable bonds is 6. The highest BCUT2D eigenvalue weighted by Crippen LogP contribution is 2.25. The Hall–Kier alpha value is -3.79. The number of anilines is 3. The summed E-state index contributed by atoms with van der Waals surface area (Å²) in [5, 5.41) is 13.3. The first kappa shape index (κ1) is 16.7. The van der Waals surface area contributed by atoms with Crippen molar-refractivity contribution in [3.63, 3.8) is 0 Å². The fourth-order valence-corrected chi connectivity index (χ4v) is 2.47. The van der Waals surface area contributed by atoms with Crippen LogP contribution in [-0.4, -0.2) is 43.4 Å². The molecule has 27 heavy (non-hydrogen) atoms. The Morgan fingerprint density at radius 1 is 0.963 bits per heavy atom. The Kier molecular flexibility index (Phi) is 4.45. The van der Waals surface area contributed by atoms with E-state index >= 15 is 0 Å². The second-order valence-electron chi connectivity index (χ2n) is 5.43. The third-order valence-electron chi connectivity index (χ3n) is 3.63. The smallest absolute Gasteiger partial charge is 0.294 e. The molecule has 3 N–H and O–H groups in total. The fraction of sp³-hybridized carbons (Fsp3) is 0.118. The molecular weight excluding hydrogens is 350 g/mol. The molecule has 0 unspecified atom stereocenters. The van der Waals surface area contributed by atoms with Crippen LogP contribution in [0.3, 0.4) is 0 Å². The molecule has 3 aromatic heterocycles. The minimum atomic E-state index is -0.0966. The molecule has 4 rings (SSSR count). The van der Waals surface area contributed by atoms with E-state index in [9.17, 15) is 5.11 Å². The molecule has 1 aromatic carbocycles. The van der Waals surface area contributed by atoms with Gasteiger partial charge in [-0.25, -0.2) is 0 Å². The van der Waals surface area contributed by atoms with E-state index in [2.05, 4.69) is 25.1 Å². The maximum atomic E-state index is 9.43. The monoisotopic (exact) mass is 365 g/mol. The molecule has 0 fully saturated rings. The second-order valence-corrected chi connectivity index (χ2v) is 5.43. The Morgan fingerprint density at radius 3 is 2.56 bits per heavy atom. The first-order valence-corrected chi connectivity index (χ1v) is 8.07. The number of hydrogen-bond donors (Lipinski definition) is 2. The van der Waals surface area contributed by atoms with E-state index in [1.54, 1.807) is 17.0 Å². The predicted octanol–water partition coefficient (Wildman–Crippen LogP) is 1.89. The number of furan rings is 1. The molecule has 0 saturated heterocycles. The van der Waals surface area contributed by atoms with Crippen LogP contribution in [0, 0.1) is 0 Å². The SMILES string of the molecule is Nc1nc(-c2noc(-c3ccco3)n2)nc(N(CCO)c2ccccc2)n1. The lowest BCUT2D eigenvalue weighted by Crippen LogP contribution is -2.24. The Morgan fingerprint density at radius 2 is 1.81 bits per heavy atom. The summed E-state index contributed by atoms with van der Waals surface area (Å²) >= 11 is 0. The molecule has 0 aliphatic rings. The van der Waals surface area contributed by atoms with Crippen molar-refractivity contribution in [2.45, 2.75) is 0 Å². The van der Waals surface area contributed by atoms with Crippen molar-refractivity contribution in [1.82, 2.24) is 25.1 Å². The number of benzene rings is 1. The van der Waals surface area contributed by atoms with E-state index in [4.69, 9.17) is 14.7 Å². The average molecular weight is 365 g/mol. The van der Waals surface area contributed by atoms with E-state index in [0.29, 0.717) is 5.76 Å². The Bertz CT molecular complexity index is 1020. The zero-order valence-electron chi connectivity index (χ0n) is 14.1. The van der Waals surface area contributed by atoms with Crippen LogP contribution in [0.4, 0.5) is 17.6 Å². The van der Waals surface area contributed by atoms with Crippen molar-refractivity contribution in [1.29, 1.82) is 0 Å². The fourth-order valence-electron chi connectivity index (χ4n) is 2.47. The first-order chi connectivity index (χ1) is 13.2. The van der Waals surface area contributed by atoms with Gasteiger partial charge in [0.2, 0.25) is 23.5 Å². The van der Waals surface area contributed by atoms with Gasteiger partial charge < -0.3 is 24.7 Å². The summed E-state index contributed by atoms with van der Waals surface area (Å²) in [6.45, 7) is 0.178. The van der Waals surface area contributed by atoms with Gasteiger partial charge in [-0.1, -0.05) is 23.4 Å². The van der Waals surface area contributed by atoms with Crippen LogP contribution in [0.25, 0.3) is 23.3 Å². The van der Waals surface area contributed by atoms with Gasteiger partial charge in [0.25, 0.3) is 5.89 Å². The number of hydrogen-bond acceptors (Lipinski definition) is 10. The normalized spacial score (nSPS) is 10.9. The maximum absolute atomic E-state index is 9.43. The number of nitrogens with zero attached hydrogens (tertiary/aromatic N) is 6. The number of aromatic nitrogens is 5. The molecule has 0 aliphatic carbocycles. The van der Waals surface area contributed by atoms with Gasteiger partial charge in [0, 0.05) is 12.2 Å². The van der Waals surface area contributed by atoms with E-state index in [0.717, 1.165) is 5.69 Å². The molecule has 10 heteroatoms. The highest BCUT2D eigenvalue weighted by Gasteiger charge is 2.19. The van der Waals surface area contributed by atoms with Crippen molar-refractivity contribution in [2.24, 2.45) is 0 Å². The van der Waals surface area contributed by atoms with Gasteiger partial charge in [0.1, 0.15) is 0 Å². The molecule has 10 nitrogen and oxygen atoms in total. The van der Waals surface area contributed by atoms with Crippen LogP contribution in [0.1, 0.15) is 0 Å². The van der Waals surface area contributed by atoms with E-state index in [-0.39, 0.29) is 42.6 Å². The van der Waals surface area contributed by atoms with Crippen LogP contribution in [0.15, 0.2) is 57.7 Å². The lowest BCUT2D eigenvalue weighted by atomic mass is 10.3. The third kappa shape index (κ3) is 3.46. The van der Waals surface area contributed by atoms with Crippen molar-refractivity contribution < 1.29 is 14.0 Å². The number of aliphatic hydroxyl groups is 1. The third-order valence-corrected chi connectivity index (χ3v) is 3.63. The van der Waals surface area contributed by atoms with Gasteiger partial charge in [-0.2, -0.15) is 19.9 Å². The van der Waals surface area contributed by atoms with Crippen molar-refractivity contribution in [3.8, 4) is 23.3 Å². The average Bonchev–Trinajstić information content (AvgIpc) is 3.37. The largest absolute Gasteiger partial charge is 0.459 e. The number of para-hydroxylation sites is 1. The molecule has 0 spiro atoms. The lowest BCUT2D eigenvalue weighted by molar-refractivity contribution is 0.305. The van der Waals surface area contributed by atoms with Crippen molar-refractivity contribution in [2.75, 3.05) is 23.8 Å². The Balaban J connectivity index is 1.73. The zero-order chi connectivity index (χ0) is 18.6. The Labute approximate surface area is 153 Å². The van der Waals surface area contributed by atoms with Gasteiger partial charge in [0.15, 0.2) is 5.76 Å². The topological polar surface area (TPSA) is 140 Å². The van der Waals surface area contributed by atoms with E-state index < -0.39 is 0 Å². The second kappa shape index (κ2) is 7.22. The van der Waals surface area contributed by atoms with Crippen LogP contribution >= 0.6 is 0 Å². The zero-order valence-corrected chi connectivity index (χ0v) is 14.1. The van der Waals surface area contributed by atoms with Gasteiger partial charge in [-0.3, -0.25) is 0 Å². The number of nitrogens with two attached hydrogens (primary N) is 1. The summed E-state index contributed by atoms with van der Waals surface area (Å²) in [4.78, 5) is 18.6. The van der Waals surface area contributed by atoms with Gasteiger partial charge in [-0.05, 0) is 24.3 Å². The number of aliphatic hydroxyl groups excluding tert-OH is 1. The number of nitrogen functional groups attached to an aromatic ring is 1. The predicted molar refractivity (Wildman–Crippen MR) is 95.8 cm³/mol. The molecule has 0 bridgehead atoms. The van der Waals surface area contributed by atoms with E-state index in [1.165, 1.54) is 6.26 Å². The molecule has 3 heterocycles. The van der Waals surface area contributed by atoms with Crippen LogP contribution in [0.2, 0.25) is 0 Å². The summed E-state index contributed by atoms with van der Waals surface area (Å²) < 4.78 is 10.4.